The van der Waals surface area contributed by atoms with Crippen LogP contribution in [0, 0.1) is 11.7 Å². The number of hydrogen-bond acceptors (Lipinski definition) is 2. The summed E-state index contributed by atoms with van der Waals surface area (Å²) in [6.07, 6.45) is 6.35. The minimum absolute atomic E-state index is 0.0989. The van der Waals surface area contributed by atoms with E-state index in [0.29, 0.717) is 0 Å². The Labute approximate surface area is 128 Å². The summed E-state index contributed by atoms with van der Waals surface area (Å²) in [5.74, 6) is 0.636. The Balaban J connectivity index is 2.00. The Morgan fingerprint density at radius 1 is 1.33 bits per heavy atom. The largest absolute Gasteiger partial charge is 0.372 e. The van der Waals surface area contributed by atoms with Crippen LogP contribution in [0.4, 0.5) is 10.1 Å². The highest BCUT2D eigenvalue weighted by Gasteiger charge is 2.19. The van der Waals surface area contributed by atoms with E-state index in [1.54, 1.807) is 6.07 Å². The quantitative estimate of drug-likeness (QED) is 0.795. The zero-order valence-electron chi connectivity index (χ0n) is 13.7. The molecule has 1 aromatic carbocycles. The fourth-order valence-corrected chi connectivity index (χ4v) is 3.26. The fourth-order valence-electron chi connectivity index (χ4n) is 3.26. The van der Waals surface area contributed by atoms with E-state index in [2.05, 4.69) is 30.1 Å². The molecule has 3 heteroatoms. The van der Waals surface area contributed by atoms with Gasteiger partial charge < -0.3 is 10.2 Å². The first kappa shape index (κ1) is 16.3. The molecule has 0 saturated heterocycles. The van der Waals surface area contributed by atoms with E-state index in [9.17, 15) is 4.39 Å². The predicted octanol–water partition coefficient (Wildman–Crippen LogP) is 4.51. The molecule has 2 rings (SSSR count). The van der Waals surface area contributed by atoms with Gasteiger partial charge in [0, 0.05) is 19.6 Å². The van der Waals surface area contributed by atoms with Gasteiger partial charge in [0.25, 0.3) is 0 Å². The molecule has 1 unspecified atom stereocenters. The maximum absolute atomic E-state index is 14.4. The van der Waals surface area contributed by atoms with Gasteiger partial charge in [-0.15, -0.1) is 0 Å². The minimum Gasteiger partial charge on any atom is -0.372 e. The third-order valence-corrected chi connectivity index (χ3v) is 4.59. The standard InChI is InChI=1S/C18H29FN2/c1-4-11-20-14(2)16-9-10-18(17(19)12-16)21(3)13-15-7-5-6-8-15/h9-10,12,14-15,20H,4-8,11,13H2,1-3H3. The number of rotatable bonds is 7. The monoisotopic (exact) mass is 292 g/mol. The second-order valence-electron chi connectivity index (χ2n) is 6.42. The molecule has 21 heavy (non-hydrogen) atoms. The lowest BCUT2D eigenvalue weighted by Gasteiger charge is -2.24. The van der Waals surface area contributed by atoms with Crippen LogP contribution in [0.3, 0.4) is 0 Å². The van der Waals surface area contributed by atoms with Crippen LogP contribution in [0.5, 0.6) is 0 Å². The summed E-state index contributed by atoms with van der Waals surface area (Å²) in [6.45, 7) is 6.17. The third-order valence-electron chi connectivity index (χ3n) is 4.59. The lowest BCUT2D eigenvalue weighted by Crippen LogP contribution is -2.25. The zero-order chi connectivity index (χ0) is 15.2. The summed E-state index contributed by atoms with van der Waals surface area (Å²) in [6, 6.07) is 5.88. The maximum Gasteiger partial charge on any atom is 0.146 e. The van der Waals surface area contributed by atoms with Crippen molar-refractivity contribution in [1.82, 2.24) is 5.32 Å². The first-order chi connectivity index (χ1) is 10.1. The Bertz CT molecular complexity index is 441. The molecular formula is C18H29FN2. The Morgan fingerprint density at radius 3 is 2.67 bits per heavy atom. The number of hydrogen-bond donors (Lipinski definition) is 1. The molecule has 0 amide bonds. The van der Waals surface area contributed by atoms with Crippen LogP contribution in [0.25, 0.3) is 0 Å². The summed E-state index contributed by atoms with van der Waals surface area (Å²) < 4.78 is 14.4. The maximum atomic E-state index is 14.4. The van der Waals surface area contributed by atoms with Crippen molar-refractivity contribution in [2.24, 2.45) is 5.92 Å². The molecule has 0 radical (unpaired) electrons. The van der Waals surface area contributed by atoms with Crippen LogP contribution in [0.1, 0.15) is 57.6 Å². The second kappa shape index (κ2) is 7.79. The average Bonchev–Trinajstić information content (AvgIpc) is 2.97. The van der Waals surface area contributed by atoms with Crippen LogP contribution in [-0.2, 0) is 0 Å². The molecule has 0 heterocycles. The third kappa shape index (κ3) is 4.44. The molecule has 0 aliphatic heterocycles. The SMILES string of the molecule is CCCNC(C)c1ccc(N(C)CC2CCCC2)c(F)c1. The summed E-state index contributed by atoms with van der Waals surface area (Å²) in [4.78, 5) is 2.08. The van der Waals surface area contributed by atoms with Crippen LogP contribution in [0.2, 0.25) is 0 Å². The van der Waals surface area contributed by atoms with Crippen molar-refractivity contribution in [2.45, 2.75) is 52.0 Å². The van der Waals surface area contributed by atoms with E-state index in [-0.39, 0.29) is 11.9 Å². The normalized spacial score (nSPS) is 17.1. The van der Waals surface area contributed by atoms with Gasteiger partial charge >= 0.3 is 0 Å². The summed E-state index contributed by atoms with van der Waals surface area (Å²) in [5.41, 5.74) is 1.76. The van der Waals surface area contributed by atoms with E-state index in [1.807, 2.05) is 13.1 Å². The van der Waals surface area contributed by atoms with Gasteiger partial charge in [0.1, 0.15) is 5.82 Å². The smallest absolute Gasteiger partial charge is 0.146 e. The van der Waals surface area contributed by atoms with Crippen molar-refractivity contribution in [3.63, 3.8) is 0 Å². The topological polar surface area (TPSA) is 15.3 Å². The molecule has 2 nitrogen and oxygen atoms in total. The van der Waals surface area contributed by atoms with Gasteiger partial charge in [-0.3, -0.25) is 0 Å². The van der Waals surface area contributed by atoms with E-state index >= 15 is 0 Å². The lowest BCUT2D eigenvalue weighted by molar-refractivity contribution is 0.536. The highest BCUT2D eigenvalue weighted by molar-refractivity contribution is 5.49. The van der Waals surface area contributed by atoms with Crippen molar-refractivity contribution < 1.29 is 4.39 Å². The van der Waals surface area contributed by atoms with Crippen LogP contribution >= 0.6 is 0 Å². The van der Waals surface area contributed by atoms with Gasteiger partial charge in [0.15, 0.2) is 0 Å². The van der Waals surface area contributed by atoms with Gasteiger partial charge in [0.2, 0.25) is 0 Å². The Kier molecular flexibility index (Phi) is 6.04. The first-order valence-electron chi connectivity index (χ1n) is 8.35. The predicted molar refractivity (Wildman–Crippen MR) is 88.3 cm³/mol. The molecule has 0 aromatic heterocycles. The highest BCUT2D eigenvalue weighted by atomic mass is 19.1. The lowest BCUT2D eigenvalue weighted by atomic mass is 10.1. The molecule has 1 aliphatic carbocycles. The van der Waals surface area contributed by atoms with Gasteiger partial charge in [-0.1, -0.05) is 25.8 Å². The van der Waals surface area contributed by atoms with Gasteiger partial charge in [-0.2, -0.15) is 0 Å². The number of nitrogens with one attached hydrogen (secondary N) is 1. The van der Waals surface area contributed by atoms with Crippen molar-refractivity contribution in [3.8, 4) is 0 Å². The molecule has 1 aliphatic rings. The molecule has 1 atom stereocenters. The highest BCUT2D eigenvalue weighted by Crippen LogP contribution is 2.28. The molecule has 1 aromatic rings. The molecule has 0 bridgehead atoms. The van der Waals surface area contributed by atoms with Crippen LogP contribution < -0.4 is 10.2 Å². The summed E-state index contributed by atoms with van der Waals surface area (Å²) in [5, 5.41) is 3.40. The molecule has 0 spiro atoms. The Morgan fingerprint density at radius 2 is 2.05 bits per heavy atom. The van der Waals surface area contributed by atoms with Gasteiger partial charge in [-0.05, 0) is 56.3 Å². The minimum atomic E-state index is -0.0989. The van der Waals surface area contributed by atoms with Crippen molar-refractivity contribution in [3.05, 3.63) is 29.6 Å². The summed E-state index contributed by atoms with van der Waals surface area (Å²) in [7, 11) is 2.01. The molecule has 1 fully saturated rings. The van der Waals surface area contributed by atoms with E-state index in [4.69, 9.17) is 0 Å². The van der Waals surface area contributed by atoms with Crippen molar-refractivity contribution in [2.75, 3.05) is 25.0 Å². The number of nitrogens with zero attached hydrogens (tertiary/aromatic N) is 1. The number of benzene rings is 1. The molecule has 1 N–H and O–H groups in total. The van der Waals surface area contributed by atoms with Crippen molar-refractivity contribution >= 4 is 5.69 Å². The number of halogens is 1. The van der Waals surface area contributed by atoms with Crippen LogP contribution in [0.15, 0.2) is 18.2 Å². The van der Waals surface area contributed by atoms with Gasteiger partial charge in [-0.25, -0.2) is 4.39 Å². The molecule has 118 valence electrons. The average molecular weight is 292 g/mol. The second-order valence-corrected chi connectivity index (χ2v) is 6.42. The fraction of sp³-hybridized carbons (Fsp3) is 0.667. The van der Waals surface area contributed by atoms with E-state index in [1.165, 1.54) is 25.7 Å². The molecule has 1 saturated carbocycles. The number of anilines is 1. The Hall–Kier alpha value is -1.09. The first-order valence-corrected chi connectivity index (χ1v) is 8.35. The van der Waals surface area contributed by atoms with Crippen LogP contribution in [-0.4, -0.2) is 20.1 Å². The van der Waals surface area contributed by atoms with E-state index < -0.39 is 0 Å². The van der Waals surface area contributed by atoms with Crippen molar-refractivity contribution in [1.29, 1.82) is 0 Å². The van der Waals surface area contributed by atoms with Gasteiger partial charge in [0.05, 0.1) is 5.69 Å². The zero-order valence-corrected chi connectivity index (χ0v) is 13.7. The summed E-state index contributed by atoms with van der Waals surface area (Å²) >= 11 is 0. The molecular weight excluding hydrogens is 263 g/mol. The van der Waals surface area contributed by atoms with E-state index in [0.717, 1.165) is 36.7 Å².